The summed E-state index contributed by atoms with van der Waals surface area (Å²) in [6, 6.07) is 0.0670. The number of aromatic nitrogens is 4. The van der Waals surface area contributed by atoms with E-state index in [2.05, 4.69) is 27.3 Å². The molecule has 2 aromatic heterocycles. The molecule has 0 fully saturated rings. The van der Waals surface area contributed by atoms with E-state index in [9.17, 15) is 0 Å². The van der Waals surface area contributed by atoms with Gasteiger partial charge in [0.05, 0.1) is 24.1 Å². The fourth-order valence-corrected chi connectivity index (χ4v) is 1.73. The maximum Gasteiger partial charge on any atom is 0.0802 e. The van der Waals surface area contributed by atoms with Gasteiger partial charge >= 0.3 is 0 Å². The third-order valence-electron chi connectivity index (χ3n) is 2.54. The summed E-state index contributed by atoms with van der Waals surface area (Å²) in [7, 11) is 1.91. The van der Waals surface area contributed by atoms with Crippen molar-refractivity contribution in [3.63, 3.8) is 0 Å². The molecular formula is C12H17N5. The zero-order chi connectivity index (χ0) is 12.1. The number of hydrogen-bond donors (Lipinski definition) is 1. The van der Waals surface area contributed by atoms with Crippen LogP contribution in [-0.2, 0) is 7.05 Å². The Morgan fingerprint density at radius 2 is 2.24 bits per heavy atom. The topological polar surface area (TPSA) is 55.6 Å². The zero-order valence-corrected chi connectivity index (χ0v) is 10.2. The average Bonchev–Trinajstić information content (AvgIpc) is 2.78. The van der Waals surface area contributed by atoms with E-state index < -0.39 is 0 Å². The number of nitrogens with one attached hydrogen (secondary N) is 1. The standard InChI is InChI=1S/C12H17N5/c1-3-4-15-12(10-7-16-17(2)9-10)11-8-13-5-6-14-11/h5-9,12,15H,3-4H2,1-2H3. The maximum absolute atomic E-state index is 4.36. The smallest absolute Gasteiger partial charge is 0.0802 e. The van der Waals surface area contributed by atoms with Crippen LogP contribution in [0.5, 0.6) is 0 Å². The van der Waals surface area contributed by atoms with Gasteiger partial charge in [-0.05, 0) is 13.0 Å². The fourth-order valence-electron chi connectivity index (χ4n) is 1.73. The molecule has 1 atom stereocenters. The van der Waals surface area contributed by atoms with Crippen molar-refractivity contribution in [2.45, 2.75) is 19.4 Å². The summed E-state index contributed by atoms with van der Waals surface area (Å²) in [5.74, 6) is 0. The Morgan fingerprint density at radius 1 is 1.35 bits per heavy atom. The van der Waals surface area contributed by atoms with E-state index in [4.69, 9.17) is 0 Å². The van der Waals surface area contributed by atoms with E-state index in [1.54, 1.807) is 23.3 Å². The third-order valence-corrected chi connectivity index (χ3v) is 2.54. The highest BCUT2D eigenvalue weighted by Gasteiger charge is 2.16. The minimum Gasteiger partial charge on any atom is -0.305 e. The highest BCUT2D eigenvalue weighted by Crippen LogP contribution is 2.18. The van der Waals surface area contributed by atoms with Gasteiger partial charge in [-0.25, -0.2) is 0 Å². The van der Waals surface area contributed by atoms with E-state index in [-0.39, 0.29) is 6.04 Å². The minimum absolute atomic E-state index is 0.0670. The molecule has 1 N–H and O–H groups in total. The fraction of sp³-hybridized carbons (Fsp3) is 0.417. The predicted octanol–water partition coefficient (Wildman–Crippen LogP) is 1.30. The lowest BCUT2D eigenvalue weighted by atomic mass is 10.1. The molecular weight excluding hydrogens is 214 g/mol. The lowest BCUT2D eigenvalue weighted by Crippen LogP contribution is -2.23. The molecule has 2 rings (SSSR count). The quantitative estimate of drug-likeness (QED) is 0.842. The van der Waals surface area contributed by atoms with Crippen LogP contribution in [0, 0.1) is 0 Å². The van der Waals surface area contributed by atoms with Gasteiger partial charge in [0.25, 0.3) is 0 Å². The Bertz CT molecular complexity index is 451. The van der Waals surface area contributed by atoms with Crippen molar-refractivity contribution in [3.05, 3.63) is 42.2 Å². The van der Waals surface area contributed by atoms with Crippen molar-refractivity contribution in [2.75, 3.05) is 6.54 Å². The number of nitrogens with zero attached hydrogens (tertiary/aromatic N) is 4. The lowest BCUT2D eigenvalue weighted by Gasteiger charge is -2.15. The largest absolute Gasteiger partial charge is 0.305 e. The first-order valence-electron chi connectivity index (χ1n) is 5.79. The molecule has 5 nitrogen and oxygen atoms in total. The van der Waals surface area contributed by atoms with Crippen LogP contribution in [0.2, 0.25) is 0 Å². The summed E-state index contributed by atoms with van der Waals surface area (Å²) in [6.45, 7) is 3.08. The predicted molar refractivity (Wildman–Crippen MR) is 65.4 cm³/mol. The molecule has 90 valence electrons. The first-order chi connectivity index (χ1) is 8.31. The summed E-state index contributed by atoms with van der Waals surface area (Å²) in [4.78, 5) is 8.47. The van der Waals surface area contributed by atoms with Crippen LogP contribution in [-0.4, -0.2) is 26.3 Å². The summed E-state index contributed by atoms with van der Waals surface area (Å²) >= 11 is 0. The minimum atomic E-state index is 0.0670. The third kappa shape index (κ3) is 2.88. The number of rotatable bonds is 5. The van der Waals surface area contributed by atoms with Crippen molar-refractivity contribution in [2.24, 2.45) is 7.05 Å². The monoisotopic (exact) mass is 231 g/mol. The molecule has 0 radical (unpaired) electrons. The van der Waals surface area contributed by atoms with Gasteiger partial charge in [0.1, 0.15) is 0 Å². The van der Waals surface area contributed by atoms with E-state index >= 15 is 0 Å². The number of aryl methyl sites for hydroxylation is 1. The molecule has 0 aromatic carbocycles. The Labute approximate surface area is 101 Å². The van der Waals surface area contributed by atoms with Crippen LogP contribution >= 0.6 is 0 Å². The van der Waals surface area contributed by atoms with Gasteiger partial charge in [0.2, 0.25) is 0 Å². The average molecular weight is 231 g/mol. The highest BCUT2D eigenvalue weighted by atomic mass is 15.2. The molecule has 0 spiro atoms. The van der Waals surface area contributed by atoms with Crippen LogP contribution in [0.4, 0.5) is 0 Å². The normalized spacial score (nSPS) is 12.6. The lowest BCUT2D eigenvalue weighted by molar-refractivity contribution is 0.584. The molecule has 0 bridgehead atoms. The Balaban J connectivity index is 2.25. The van der Waals surface area contributed by atoms with Crippen LogP contribution in [0.3, 0.4) is 0 Å². The van der Waals surface area contributed by atoms with Gasteiger partial charge in [-0.3, -0.25) is 14.6 Å². The van der Waals surface area contributed by atoms with Crippen molar-refractivity contribution in [1.82, 2.24) is 25.1 Å². The van der Waals surface area contributed by atoms with Gasteiger partial charge < -0.3 is 5.32 Å². The van der Waals surface area contributed by atoms with E-state index in [0.29, 0.717) is 0 Å². The molecule has 0 aliphatic rings. The molecule has 2 heterocycles. The van der Waals surface area contributed by atoms with Gasteiger partial charge in [-0.2, -0.15) is 5.10 Å². The summed E-state index contributed by atoms with van der Waals surface area (Å²) < 4.78 is 1.80. The van der Waals surface area contributed by atoms with E-state index in [0.717, 1.165) is 24.2 Å². The Kier molecular flexibility index (Phi) is 3.82. The molecule has 0 saturated heterocycles. The van der Waals surface area contributed by atoms with Crippen molar-refractivity contribution >= 4 is 0 Å². The zero-order valence-electron chi connectivity index (χ0n) is 10.2. The Morgan fingerprint density at radius 3 is 2.82 bits per heavy atom. The second-order valence-corrected chi connectivity index (χ2v) is 3.96. The van der Waals surface area contributed by atoms with Gasteiger partial charge in [-0.15, -0.1) is 0 Å². The van der Waals surface area contributed by atoms with Crippen LogP contribution in [0.15, 0.2) is 31.0 Å². The highest BCUT2D eigenvalue weighted by molar-refractivity contribution is 5.21. The van der Waals surface area contributed by atoms with Crippen LogP contribution in [0.25, 0.3) is 0 Å². The van der Waals surface area contributed by atoms with Crippen molar-refractivity contribution in [3.8, 4) is 0 Å². The van der Waals surface area contributed by atoms with Gasteiger partial charge in [0.15, 0.2) is 0 Å². The van der Waals surface area contributed by atoms with E-state index in [1.165, 1.54) is 0 Å². The second kappa shape index (κ2) is 5.54. The molecule has 17 heavy (non-hydrogen) atoms. The summed E-state index contributed by atoms with van der Waals surface area (Å²) in [6.07, 6.45) is 10.1. The summed E-state index contributed by atoms with van der Waals surface area (Å²) in [5.41, 5.74) is 2.04. The molecule has 1 unspecified atom stereocenters. The Hall–Kier alpha value is -1.75. The molecule has 0 amide bonds. The van der Waals surface area contributed by atoms with Crippen molar-refractivity contribution in [1.29, 1.82) is 0 Å². The molecule has 0 aliphatic heterocycles. The van der Waals surface area contributed by atoms with Gasteiger partial charge in [0, 0.05) is 31.2 Å². The molecule has 5 heteroatoms. The van der Waals surface area contributed by atoms with Crippen molar-refractivity contribution < 1.29 is 0 Å². The van der Waals surface area contributed by atoms with Gasteiger partial charge in [-0.1, -0.05) is 6.92 Å². The number of hydrogen-bond acceptors (Lipinski definition) is 4. The first-order valence-corrected chi connectivity index (χ1v) is 5.79. The summed E-state index contributed by atoms with van der Waals surface area (Å²) in [5, 5.41) is 7.66. The van der Waals surface area contributed by atoms with Crippen LogP contribution < -0.4 is 5.32 Å². The molecule has 0 aliphatic carbocycles. The molecule has 2 aromatic rings. The SMILES string of the molecule is CCCNC(c1cnn(C)c1)c1cnccn1. The molecule has 0 saturated carbocycles. The van der Waals surface area contributed by atoms with Crippen LogP contribution in [0.1, 0.15) is 30.6 Å². The second-order valence-electron chi connectivity index (χ2n) is 3.96. The van der Waals surface area contributed by atoms with E-state index in [1.807, 2.05) is 19.4 Å². The first kappa shape index (κ1) is 11.7. The maximum atomic E-state index is 4.36.